The standard InChI is InChI=1S/C19H21N3O3S/c1-25-26(17-10-6-3-7-11-17)14-16-13-22(21-20-16)18(19(23)24)12-15-8-4-2-5-9-15/h2-11,13,18,26H,12,14H2,1H3,(H,23,24)/t18-/m0/s1. The molecule has 0 saturated carbocycles. The number of carbonyl (C=O) groups is 1. The molecule has 0 aliphatic rings. The molecular weight excluding hydrogens is 350 g/mol. The lowest BCUT2D eigenvalue weighted by Crippen LogP contribution is -2.22. The minimum atomic E-state index is -0.928. The van der Waals surface area contributed by atoms with E-state index in [1.807, 2.05) is 60.7 Å². The summed E-state index contributed by atoms with van der Waals surface area (Å²) in [4.78, 5) is 12.8. The van der Waals surface area contributed by atoms with Crippen LogP contribution >= 0.6 is 11.2 Å². The third-order valence-electron chi connectivity index (χ3n) is 4.00. The topological polar surface area (TPSA) is 77.2 Å². The van der Waals surface area contributed by atoms with Gasteiger partial charge in [0, 0.05) is 24.2 Å². The van der Waals surface area contributed by atoms with Crippen LogP contribution in [0.1, 0.15) is 17.3 Å². The lowest BCUT2D eigenvalue weighted by atomic mass is 10.1. The Hall–Kier alpha value is -2.64. The average molecular weight is 371 g/mol. The van der Waals surface area contributed by atoms with E-state index in [2.05, 4.69) is 10.3 Å². The molecule has 1 aromatic heterocycles. The molecule has 136 valence electrons. The van der Waals surface area contributed by atoms with Gasteiger partial charge in [0.15, 0.2) is 6.04 Å². The van der Waals surface area contributed by atoms with Crippen LogP contribution < -0.4 is 0 Å². The molecule has 0 aliphatic heterocycles. The van der Waals surface area contributed by atoms with Crippen LogP contribution in [0.25, 0.3) is 0 Å². The fraction of sp³-hybridized carbons (Fsp3) is 0.211. The summed E-state index contributed by atoms with van der Waals surface area (Å²) in [6.45, 7) is 0. The van der Waals surface area contributed by atoms with Gasteiger partial charge in [-0.2, -0.15) is 0 Å². The van der Waals surface area contributed by atoms with Gasteiger partial charge in [0.25, 0.3) is 0 Å². The van der Waals surface area contributed by atoms with Crippen LogP contribution in [0.5, 0.6) is 0 Å². The number of carboxylic acid groups (broad SMARTS) is 1. The van der Waals surface area contributed by atoms with Gasteiger partial charge >= 0.3 is 5.97 Å². The van der Waals surface area contributed by atoms with Crippen molar-refractivity contribution in [2.24, 2.45) is 0 Å². The lowest BCUT2D eigenvalue weighted by molar-refractivity contribution is -0.141. The molecule has 0 saturated heterocycles. The van der Waals surface area contributed by atoms with Crippen molar-refractivity contribution < 1.29 is 14.1 Å². The molecular formula is C19H21N3O3S. The van der Waals surface area contributed by atoms with Crippen LogP contribution in [0, 0.1) is 0 Å². The van der Waals surface area contributed by atoms with E-state index in [4.69, 9.17) is 4.18 Å². The van der Waals surface area contributed by atoms with Gasteiger partial charge in [-0.1, -0.05) is 53.7 Å². The predicted molar refractivity (Wildman–Crippen MR) is 101 cm³/mol. The first-order valence-electron chi connectivity index (χ1n) is 8.21. The van der Waals surface area contributed by atoms with Crippen LogP contribution in [-0.4, -0.2) is 33.2 Å². The summed E-state index contributed by atoms with van der Waals surface area (Å²) in [5, 5.41) is 17.8. The predicted octanol–water partition coefficient (Wildman–Crippen LogP) is 3.27. The summed E-state index contributed by atoms with van der Waals surface area (Å²) in [5.41, 5.74) is 1.67. The normalized spacial score (nSPS) is 14.0. The number of aliphatic carboxylic acids is 1. The number of hydrogen-bond donors (Lipinski definition) is 2. The van der Waals surface area contributed by atoms with E-state index in [9.17, 15) is 9.90 Å². The van der Waals surface area contributed by atoms with Gasteiger partial charge in [-0.05, 0) is 17.7 Å². The first-order valence-corrected chi connectivity index (χ1v) is 9.66. The summed E-state index contributed by atoms with van der Waals surface area (Å²) in [5.74, 6) is -0.338. The Kier molecular flexibility index (Phi) is 6.04. The zero-order valence-corrected chi connectivity index (χ0v) is 15.3. The Morgan fingerprint density at radius 3 is 2.42 bits per heavy atom. The zero-order valence-electron chi connectivity index (χ0n) is 14.4. The Morgan fingerprint density at radius 1 is 1.15 bits per heavy atom. The molecule has 0 aliphatic carbocycles. The van der Waals surface area contributed by atoms with Crippen molar-refractivity contribution in [3.8, 4) is 0 Å². The molecule has 7 heteroatoms. The van der Waals surface area contributed by atoms with Gasteiger partial charge in [0.2, 0.25) is 0 Å². The molecule has 2 atom stereocenters. The monoisotopic (exact) mass is 371 g/mol. The van der Waals surface area contributed by atoms with Gasteiger partial charge in [-0.25, -0.2) is 9.48 Å². The molecule has 2 aromatic carbocycles. The first-order chi connectivity index (χ1) is 12.7. The third-order valence-corrected chi connectivity index (χ3v) is 5.93. The summed E-state index contributed by atoms with van der Waals surface area (Å²) in [7, 11) is 1.68. The molecule has 1 heterocycles. The van der Waals surface area contributed by atoms with Crippen molar-refractivity contribution in [1.29, 1.82) is 0 Å². The number of aromatic nitrogens is 3. The second-order valence-corrected chi connectivity index (χ2v) is 7.74. The van der Waals surface area contributed by atoms with Crippen molar-refractivity contribution in [3.05, 3.63) is 78.1 Å². The van der Waals surface area contributed by atoms with E-state index < -0.39 is 23.2 Å². The Balaban J connectivity index is 1.75. The maximum absolute atomic E-state index is 11.7. The average Bonchev–Trinajstić information content (AvgIpc) is 3.13. The van der Waals surface area contributed by atoms with E-state index in [-0.39, 0.29) is 0 Å². The fourth-order valence-corrected chi connectivity index (χ4v) is 4.14. The summed E-state index contributed by atoms with van der Waals surface area (Å²) in [6.07, 6.45) is 2.07. The van der Waals surface area contributed by atoms with Crippen LogP contribution in [0.15, 0.2) is 71.8 Å². The molecule has 0 radical (unpaired) electrons. The quantitative estimate of drug-likeness (QED) is 0.594. The molecule has 0 spiro atoms. The van der Waals surface area contributed by atoms with E-state index in [0.29, 0.717) is 12.2 Å². The summed E-state index contributed by atoms with van der Waals surface area (Å²) in [6, 6.07) is 18.7. The van der Waals surface area contributed by atoms with Crippen molar-refractivity contribution >= 4 is 17.1 Å². The largest absolute Gasteiger partial charge is 0.480 e. The second kappa shape index (κ2) is 8.64. The molecule has 6 nitrogen and oxygen atoms in total. The van der Waals surface area contributed by atoms with Gasteiger partial charge in [-0.3, -0.25) is 0 Å². The molecule has 3 rings (SSSR count). The molecule has 1 N–H and O–H groups in total. The molecule has 26 heavy (non-hydrogen) atoms. The lowest BCUT2D eigenvalue weighted by Gasteiger charge is -2.18. The highest BCUT2D eigenvalue weighted by Gasteiger charge is 2.22. The van der Waals surface area contributed by atoms with Crippen LogP contribution in [-0.2, 0) is 21.2 Å². The molecule has 0 bridgehead atoms. The van der Waals surface area contributed by atoms with E-state index in [0.717, 1.165) is 16.2 Å². The third kappa shape index (κ3) is 4.50. The zero-order chi connectivity index (χ0) is 18.4. The van der Waals surface area contributed by atoms with Crippen LogP contribution in [0.2, 0.25) is 0 Å². The number of benzene rings is 2. The summed E-state index contributed by atoms with van der Waals surface area (Å²) >= 11 is -0.862. The van der Waals surface area contributed by atoms with Crippen LogP contribution in [0.3, 0.4) is 0 Å². The van der Waals surface area contributed by atoms with Crippen molar-refractivity contribution in [3.63, 3.8) is 0 Å². The molecule has 3 aromatic rings. The summed E-state index contributed by atoms with van der Waals surface area (Å²) < 4.78 is 7.05. The maximum Gasteiger partial charge on any atom is 0.328 e. The Bertz CT molecular complexity index is 840. The smallest absolute Gasteiger partial charge is 0.328 e. The van der Waals surface area contributed by atoms with Crippen molar-refractivity contribution in [1.82, 2.24) is 15.0 Å². The van der Waals surface area contributed by atoms with E-state index in [1.165, 1.54) is 4.68 Å². The van der Waals surface area contributed by atoms with Crippen molar-refractivity contribution in [2.45, 2.75) is 23.1 Å². The van der Waals surface area contributed by atoms with Crippen LogP contribution in [0.4, 0.5) is 0 Å². The Morgan fingerprint density at radius 2 is 1.81 bits per heavy atom. The highest BCUT2D eigenvalue weighted by atomic mass is 32.2. The minimum absolute atomic E-state index is 0.358. The number of rotatable bonds is 8. The van der Waals surface area contributed by atoms with Gasteiger partial charge < -0.3 is 9.29 Å². The molecule has 1 unspecified atom stereocenters. The second-order valence-electron chi connectivity index (χ2n) is 5.79. The SMILES string of the molecule is CO[SH](Cc1cn([C@@H](Cc2ccccc2)C(=O)O)nn1)c1ccccc1. The van der Waals surface area contributed by atoms with Crippen molar-refractivity contribution in [2.75, 3.05) is 7.11 Å². The maximum atomic E-state index is 11.7. The number of hydrogen-bond acceptors (Lipinski definition) is 4. The molecule has 0 amide bonds. The number of carboxylic acids is 1. The van der Waals surface area contributed by atoms with Gasteiger partial charge in [-0.15, -0.1) is 16.3 Å². The Labute approximate surface area is 155 Å². The van der Waals surface area contributed by atoms with Gasteiger partial charge in [0.05, 0.1) is 11.9 Å². The fourth-order valence-electron chi connectivity index (χ4n) is 2.67. The molecule has 0 fully saturated rings. The van der Waals surface area contributed by atoms with E-state index in [1.54, 1.807) is 13.3 Å². The minimum Gasteiger partial charge on any atom is -0.480 e. The van der Waals surface area contributed by atoms with E-state index >= 15 is 0 Å². The highest BCUT2D eigenvalue weighted by molar-refractivity contribution is 8.12. The highest BCUT2D eigenvalue weighted by Crippen LogP contribution is 2.39. The van der Waals surface area contributed by atoms with Gasteiger partial charge in [0.1, 0.15) is 0 Å². The number of thiol groups is 1. The first kappa shape index (κ1) is 18.2. The number of nitrogens with zero attached hydrogens (tertiary/aromatic N) is 3.